The van der Waals surface area contributed by atoms with Gasteiger partial charge >= 0.3 is 5.69 Å². The summed E-state index contributed by atoms with van der Waals surface area (Å²) in [7, 11) is 0. The molecule has 0 unspecified atom stereocenters. The normalized spacial score (nSPS) is 10.4. The molecule has 0 saturated heterocycles. The van der Waals surface area contributed by atoms with Gasteiger partial charge in [0.25, 0.3) is 5.56 Å². The van der Waals surface area contributed by atoms with E-state index in [0.717, 1.165) is 16.7 Å². The van der Waals surface area contributed by atoms with Crippen molar-refractivity contribution in [3.63, 3.8) is 0 Å². The number of hydrogen-bond donors (Lipinski definition) is 2. The van der Waals surface area contributed by atoms with Crippen LogP contribution < -0.4 is 11.2 Å². The van der Waals surface area contributed by atoms with E-state index in [2.05, 4.69) is 9.97 Å². The lowest BCUT2D eigenvalue weighted by Gasteiger charge is -2.05. The molecule has 2 rings (SSSR count). The van der Waals surface area contributed by atoms with Gasteiger partial charge < -0.3 is 4.98 Å². The summed E-state index contributed by atoms with van der Waals surface area (Å²) in [5.74, 6) is 0. The fourth-order valence-corrected chi connectivity index (χ4v) is 1.73. The zero-order valence-corrected chi connectivity index (χ0v) is 9.13. The highest BCUT2D eigenvalue weighted by Crippen LogP contribution is 2.20. The van der Waals surface area contributed by atoms with E-state index in [1.807, 2.05) is 32.0 Å². The maximum atomic E-state index is 11.2. The van der Waals surface area contributed by atoms with Crippen LogP contribution in [0, 0.1) is 13.8 Å². The standard InChI is InChI=1S/C12H12N2O2/c1-7-3-4-9(8(2)5-7)10-6-11(15)14-12(16)13-10/h3-6H,1-2H3,(H2,13,14,15,16). The molecule has 2 N–H and O–H groups in total. The highest BCUT2D eigenvalue weighted by molar-refractivity contribution is 5.63. The number of H-pyrrole nitrogens is 2. The molecule has 4 nitrogen and oxygen atoms in total. The molecule has 0 amide bonds. The highest BCUT2D eigenvalue weighted by Gasteiger charge is 2.03. The first-order valence-electron chi connectivity index (χ1n) is 4.97. The van der Waals surface area contributed by atoms with E-state index in [-0.39, 0.29) is 0 Å². The van der Waals surface area contributed by atoms with Crippen molar-refractivity contribution in [1.82, 2.24) is 9.97 Å². The molecule has 1 heterocycles. The van der Waals surface area contributed by atoms with Gasteiger partial charge in [-0.1, -0.05) is 23.8 Å². The first-order chi connectivity index (χ1) is 7.56. The molecule has 2 aromatic rings. The van der Waals surface area contributed by atoms with E-state index in [4.69, 9.17) is 0 Å². The molecule has 0 aliphatic rings. The fraction of sp³-hybridized carbons (Fsp3) is 0.167. The minimum atomic E-state index is -0.484. The Morgan fingerprint density at radius 3 is 2.38 bits per heavy atom. The monoisotopic (exact) mass is 216 g/mol. The van der Waals surface area contributed by atoms with Gasteiger partial charge in [-0.05, 0) is 19.4 Å². The van der Waals surface area contributed by atoms with Gasteiger partial charge in [0.05, 0.1) is 5.69 Å². The van der Waals surface area contributed by atoms with Crippen LogP contribution in [0.1, 0.15) is 11.1 Å². The second-order valence-electron chi connectivity index (χ2n) is 3.82. The van der Waals surface area contributed by atoms with Crippen molar-refractivity contribution >= 4 is 0 Å². The third-order valence-corrected chi connectivity index (χ3v) is 2.43. The van der Waals surface area contributed by atoms with E-state index in [0.29, 0.717) is 5.69 Å². The Morgan fingerprint density at radius 2 is 1.75 bits per heavy atom. The number of nitrogens with one attached hydrogen (secondary N) is 2. The van der Waals surface area contributed by atoms with Crippen LogP contribution in [0.25, 0.3) is 11.3 Å². The lowest BCUT2D eigenvalue weighted by molar-refractivity contribution is 1.04. The molecule has 0 spiro atoms. The highest BCUT2D eigenvalue weighted by atomic mass is 16.2. The third-order valence-electron chi connectivity index (χ3n) is 2.43. The molecule has 0 fully saturated rings. The predicted molar refractivity (Wildman–Crippen MR) is 62.6 cm³/mol. The number of aryl methyl sites for hydroxylation is 2. The minimum Gasteiger partial charge on any atom is -0.307 e. The number of rotatable bonds is 1. The topological polar surface area (TPSA) is 65.7 Å². The molecule has 0 bridgehead atoms. The Bertz CT molecular complexity index is 610. The molecule has 16 heavy (non-hydrogen) atoms. The summed E-state index contributed by atoms with van der Waals surface area (Å²) in [4.78, 5) is 27.1. The minimum absolute atomic E-state index is 0.390. The summed E-state index contributed by atoms with van der Waals surface area (Å²) in [6.07, 6.45) is 0. The van der Waals surface area contributed by atoms with Crippen LogP contribution in [0.15, 0.2) is 33.9 Å². The summed E-state index contributed by atoms with van der Waals surface area (Å²) in [6, 6.07) is 7.24. The van der Waals surface area contributed by atoms with Crippen LogP contribution in [0.5, 0.6) is 0 Å². The number of hydrogen-bond acceptors (Lipinski definition) is 2. The Kier molecular flexibility index (Phi) is 2.48. The first kappa shape index (κ1) is 10.4. The van der Waals surface area contributed by atoms with Crippen molar-refractivity contribution in [2.45, 2.75) is 13.8 Å². The molecule has 0 radical (unpaired) electrons. The summed E-state index contributed by atoms with van der Waals surface area (Å²) >= 11 is 0. The smallest absolute Gasteiger partial charge is 0.307 e. The summed E-state index contributed by atoms with van der Waals surface area (Å²) in [5, 5.41) is 0. The van der Waals surface area contributed by atoms with Gasteiger partial charge in [-0.15, -0.1) is 0 Å². The van der Waals surface area contributed by atoms with Crippen molar-refractivity contribution in [2.24, 2.45) is 0 Å². The van der Waals surface area contributed by atoms with Gasteiger partial charge in [-0.2, -0.15) is 0 Å². The van der Waals surface area contributed by atoms with Crippen molar-refractivity contribution in [3.8, 4) is 11.3 Å². The predicted octanol–water partition coefficient (Wildman–Crippen LogP) is 1.35. The van der Waals surface area contributed by atoms with Gasteiger partial charge in [0, 0.05) is 11.6 Å². The van der Waals surface area contributed by atoms with E-state index in [1.165, 1.54) is 6.07 Å². The van der Waals surface area contributed by atoms with Crippen molar-refractivity contribution < 1.29 is 0 Å². The first-order valence-corrected chi connectivity index (χ1v) is 4.97. The molecule has 1 aromatic carbocycles. The largest absolute Gasteiger partial charge is 0.326 e. The van der Waals surface area contributed by atoms with Crippen LogP contribution in [-0.2, 0) is 0 Å². The number of benzene rings is 1. The van der Waals surface area contributed by atoms with Crippen LogP contribution >= 0.6 is 0 Å². The van der Waals surface area contributed by atoms with Gasteiger partial charge in [0.15, 0.2) is 0 Å². The van der Waals surface area contributed by atoms with Gasteiger partial charge in [0.1, 0.15) is 0 Å². The number of aromatic amines is 2. The molecule has 0 aliphatic heterocycles. The quantitative estimate of drug-likeness (QED) is 0.755. The zero-order chi connectivity index (χ0) is 11.7. The Morgan fingerprint density at radius 1 is 1.00 bits per heavy atom. The van der Waals surface area contributed by atoms with Gasteiger partial charge in [0.2, 0.25) is 0 Å². The summed E-state index contributed by atoms with van der Waals surface area (Å²) in [5.41, 5.74) is 2.72. The Balaban J connectivity index is 2.67. The Labute approximate surface area is 92.0 Å². The SMILES string of the molecule is Cc1ccc(-c2cc(=O)[nH]c(=O)[nH]2)c(C)c1. The van der Waals surface area contributed by atoms with E-state index in [9.17, 15) is 9.59 Å². The lowest BCUT2D eigenvalue weighted by atomic mass is 10.0. The maximum Gasteiger partial charge on any atom is 0.326 e. The number of aromatic nitrogens is 2. The second-order valence-corrected chi connectivity index (χ2v) is 3.82. The van der Waals surface area contributed by atoms with Gasteiger partial charge in [-0.3, -0.25) is 9.78 Å². The van der Waals surface area contributed by atoms with Crippen LogP contribution in [0.4, 0.5) is 0 Å². The molecule has 82 valence electrons. The molecule has 1 aromatic heterocycles. The Hall–Kier alpha value is -2.10. The second kappa shape index (κ2) is 3.81. The lowest BCUT2D eigenvalue weighted by Crippen LogP contribution is -2.21. The maximum absolute atomic E-state index is 11.2. The molecule has 0 atom stereocenters. The van der Waals surface area contributed by atoms with Crippen LogP contribution in [0.2, 0.25) is 0 Å². The third kappa shape index (κ3) is 1.95. The fourth-order valence-electron chi connectivity index (χ4n) is 1.73. The van der Waals surface area contributed by atoms with E-state index >= 15 is 0 Å². The molecular weight excluding hydrogens is 204 g/mol. The summed E-state index contributed by atoms with van der Waals surface area (Å²) in [6.45, 7) is 3.94. The van der Waals surface area contributed by atoms with Crippen molar-refractivity contribution in [3.05, 3.63) is 56.2 Å². The van der Waals surface area contributed by atoms with E-state index in [1.54, 1.807) is 0 Å². The van der Waals surface area contributed by atoms with Gasteiger partial charge in [-0.25, -0.2) is 4.79 Å². The average molecular weight is 216 g/mol. The van der Waals surface area contributed by atoms with Crippen LogP contribution in [-0.4, -0.2) is 9.97 Å². The molecular formula is C12H12N2O2. The molecule has 0 saturated carbocycles. The summed E-state index contributed by atoms with van der Waals surface area (Å²) < 4.78 is 0. The van der Waals surface area contributed by atoms with E-state index < -0.39 is 11.2 Å². The van der Waals surface area contributed by atoms with Crippen LogP contribution in [0.3, 0.4) is 0 Å². The van der Waals surface area contributed by atoms with Crippen molar-refractivity contribution in [1.29, 1.82) is 0 Å². The molecule has 4 heteroatoms. The molecule has 0 aliphatic carbocycles. The van der Waals surface area contributed by atoms with Crippen molar-refractivity contribution in [2.75, 3.05) is 0 Å². The zero-order valence-electron chi connectivity index (χ0n) is 9.13. The average Bonchev–Trinajstić information content (AvgIpc) is 2.15.